The van der Waals surface area contributed by atoms with Gasteiger partial charge < -0.3 is 10.5 Å². The molecule has 2 rings (SSSR count). The molecule has 0 spiro atoms. The molecule has 0 aliphatic heterocycles. The second-order valence-electron chi connectivity index (χ2n) is 6.28. The smallest absolute Gasteiger partial charge is 0.284 e. The number of nitrogens with zero attached hydrogens (tertiary/aromatic N) is 3. The molecule has 126 valence electrons. The van der Waals surface area contributed by atoms with Crippen LogP contribution in [0.25, 0.3) is 11.4 Å². The lowest BCUT2D eigenvalue weighted by molar-refractivity contribution is 0.134. The summed E-state index contributed by atoms with van der Waals surface area (Å²) >= 11 is 0. The van der Waals surface area contributed by atoms with Gasteiger partial charge >= 0.3 is 0 Å². The number of ether oxygens (including phenoxy) is 1. The molecule has 8 heteroatoms. The molecule has 0 aromatic carbocycles. The van der Waals surface area contributed by atoms with Gasteiger partial charge in [-0.3, -0.25) is 0 Å². The Bertz CT molecular complexity index is 629. The van der Waals surface area contributed by atoms with Crippen LogP contribution >= 0.6 is 0 Å². The Morgan fingerprint density at radius 2 is 2.04 bits per heavy atom. The van der Waals surface area contributed by atoms with Crippen LogP contribution in [0.3, 0.4) is 0 Å². The Labute approximate surface area is 133 Å². The first-order chi connectivity index (χ1) is 10.8. The summed E-state index contributed by atoms with van der Waals surface area (Å²) in [5, 5.41) is 9.89. The van der Waals surface area contributed by atoms with Gasteiger partial charge in [0.15, 0.2) is 0 Å². The molecule has 6 nitrogen and oxygen atoms in total. The zero-order valence-electron chi connectivity index (χ0n) is 13.4. The molecule has 2 aromatic heterocycles. The van der Waals surface area contributed by atoms with E-state index in [0.717, 1.165) is 6.42 Å². The van der Waals surface area contributed by atoms with Crippen LogP contribution < -0.4 is 10.5 Å². The Morgan fingerprint density at radius 3 is 2.61 bits per heavy atom. The first kappa shape index (κ1) is 17.3. The van der Waals surface area contributed by atoms with Gasteiger partial charge in [0.05, 0.1) is 11.9 Å². The molecule has 0 aliphatic carbocycles. The third-order valence-corrected chi connectivity index (χ3v) is 3.20. The second-order valence-corrected chi connectivity index (χ2v) is 6.28. The van der Waals surface area contributed by atoms with Crippen LogP contribution in [0.2, 0.25) is 0 Å². The third kappa shape index (κ3) is 4.69. The van der Waals surface area contributed by atoms with Crippen LogP contribution in [0.1, 0.15) is 39.3 Å². The average Bonchev–Trinajstić information content (AvgIpc) is 2.97. The maximum Gasteiger partial charge on any atom is 0.284 e. The summed E-state index contributed by atoms with van der Waals surface area (Å²) in [7, 11) is 0. The van der Waals surface area contributed by atoms with E-state index in [1.807, 2.05) is 20.8 Å². The van der Waals surface area contributed by atoms with E-state index in [2.05, 4.69) is 20.4 Å². The number of hydrogen-bond donors (Lipinski definition) is 2. The maximum atomic E-state index is 13.3. The number of nitrogens with two attached hydrogens (primary N) is 1. The van der Waals surface area contributed by atoms with Gasteiger partial charge in [0.25, 0.3) is 6.43 Å². The Hall–Kier alpha value is -2.09. The predicted molar refractivity (Wildman–Crippen MR) is 82.1 cm³/mol. The van der Waals surface area contributed by atoms with Crippen LogP contribution in [-0.2, 0) is 0 Å². The molecule has 0 bridgehead atoms. The number of rotatable bonds is 7. The summed E-state index contributed by atoms with van der Waals surface area (Å²) in [4.78, 5) is 3.94. The van der Waals surface area contributed by atoms with Crippen LogP contribution in [-0.4, -0.2) is 32.5 Å². The topological polar surface area (TPSA) is 89.7 Å². The van der Waals surface area contributed by atoms with Crippen LogP contribution in [0.5, 0.6) is 5.75 Å². The lowest BCUT2D eigenvalue weighted by Crippen LogP contribution is -2.43. The Kier molecular flexibility index (Phi) is 5.25. The van der Waals surface area contributed by atoms with Crippen molar-refractivity contribution in [3.63, 3.8) is 0 Å². The van der Waals surface area contributed by atoms with E-state index in [9.17, 15) is 8.78 Å². The number of nitrogens with one attached hydrogen (secondary N) is 1. The summed E-state index contributed by atoms with van der Waals surface area (Å²) in [5.41, 5.74) is 5.81. The average molecular weight is 325 g/mol. The van der Waals surface area contributed by atoms with Gasteiger partial charge in [-0.1, -0.05) is 13.8 Å². The molecule has 23 heavy (non-hydrogen) atoms. The summed E-state index contributed by atoms with van der Waals surface area (Å²) in [6.07, 6.45) is -0.620. The van der Waals surface area contributed by atoms with E-state index in [4.69, 9.17) is 10.5 Å². The second kappa shape index (κ2) is 6.99. The van der Waals surface area contributed by atoms with Crippen molar-refractivity contribution in [1.29, 1.82) is 0 Å². The van der Waals surface area contributed by atoms with E-state index < -0.39 is 17.7 Å². The van der Waals surface area contributed by atoms with Gasteiger partial charge in [-0.25, -0.2) is 13.8 Å². The summed E-state index contributed by atoms with van der Waals surface area (Å²) in [6, 6.07) is 3.03. The van der Waals surface area contributed by atoms with Gasteiger partial charge in [-0.2, -0.15) is 15.4 Å². The minimum absolute atomic E-state index is 0.0349. The van der Waals surface area contributed by atoms with Crippen LogP contribution in [0, 0.1) is 5.92 Å². The van der Waals surface area contributed by atoms with Gasteiger partial charge in [0.1, 0.15) is 23.7 Å². The largest absolute Gasteiger partial charge is 0.490 e. The SMILES string of the molecule is CC(C)C[C@](C)(N)COc1ccc(-c2cn[nH]n2)nc1C(F)F. The number of H-pyrrole nitrogens is 1. The van der Waals surface area contributed by atoms with E-state index in [1.165, 1.54) is 12.3 Å². The van der Waals surface area contributed by atoms with Crippen molar-refractivity contribution in [1.82, 2.24) is 20.4 Å². The summed E-state index contributed by atoms with van der Waals surface area (Å²) < 4.78 is 32.0. The van der Waals surface area contributed by atoms with Crippen LogP contribution in [0.4, 0.5) is 8.78 Å². The van der Waals surface area contributed by atoms with Gasteiger partial charge in [0.2, 0.25) is 0 Å². The number of pyridine rings is 1. The highest BCUT2D eigenvalue weighted by Gasteiger charge is 2.24. The number of hydrogen-bond acceptors (Lipinski definition) is 5. The summed E-state index contributed by atoms with van der Waals surface area (Å²) in [6.45, 7) is 6.07. The molecular weight excluding hydrogens is 304 g/mol. The third-order valence-electron chi connectivity index (χ3n) is 3.20. The molecule has 2 heterocycles. The summed E-state index contributed by atoms with van der Waals surface area (Å²) in [5.74, 6) is 0.420. The highest BCUT2D eigenvalue weighted by atomic mass is 19.3. The van der Waals surface area contributed by atoms with Gasteiger partial charge in [0, 0.05) is 5.54 Å². The molecule has 2 aromatic rings. The number of alkyl halides is 2. The fraction of sp³-hybridized carbons (Fsp3) is 0.533. The quantitative estimate of drug-likeness (QED) is 0.817. The number of halogens is 2. The molecule has 0 aliphatic rings. The van der Waals surface area contributed by atoms with E-state index in [0.29, 0.717) is 17.3 Å². The lowest BCUT2D eigenvalue weighted by atomic mass is 9.93. The molecular formula is C15H21F2N5O. The normalized spacial score (nSPS) is 14.3. The Morgan fingerprint density at radius 1 is 1.30 bits per heavy atom. The van der Waals surface area contributed by atoms with E-state index >= 15 is 0 Å². The molecule has 0 saturated heterocycles. The molecule has 0 radical (unpaired) electrons. The minimum atomic E-state index is -2.76. The van der Waals surface area contributed by atoms with E-state index in [-0.39, 0.29) is 12.4 Å². The fourth-order valence-corrected chi connectivity index (χ4v) is 2.44. The molecule has 0 saturated carbocycles. The van der Waals surface area contributed by atoms with Crippen molar-refractivity contribution in [3.8, 4) is 17.1 Å². The monoisotopic (exact) mass is 325 g/mol. The number of aromatic nitrogens is 4. The van der Waals surface area contributed by atoms with Crippen molar-refractivity contribution in [3.05, 3.63) is 24.0 Å². The number of aromatic amines is 1. The molecule has 1 atom stereocenters. The fourth-order valence-electron chi connectivity index (χ4n) is 2.44. The molecule has 0 fully saturated rings. The molecule has 0 amide bonds. The van der Waals surface area contributed by atoms with Gasteiger partial charge in [-0.15, -0.1) is 0 Å². The Balaban J connectivity index is 2.18. The predicted octanol–water partition coefficient (Wildman–Crippen LogP) is 2.95. The standard InChI is InChI=1S/C15H21F2N5O/c1-9(2)6-15(3,18)8-23-12-5-4-10(11-7-19-22-21-11)20-13(12)14(16)17/h4-5,7,9,14H,6,8,18H2,1-3H3,(H,19,21,22)/t15-/m0/s1. The van der Waals surface area contributed by atoms with Crippen LogP contribution in [0.15, 0.2) is 18.3 Å². The van der Waals surface area contributed by atoms with E-state index in [1.54, 1.807) is 6.07 Å². The van der Waals surface area contributed by atoms with Gasteiger partial charge in [-0.05, 0) is 31.4 Å². The molecule has 3 N–H and O–H groups in total. The highest BCUT2D eigenvalue weighted by Crippen LogP contribution is 2.30. The van der Waals surface area contributed by atoms with Crippen molar-refractivity contribution >= 4 is 0 Å². The highest BCUT2D eigenvalue weighted by molar-refractivity contribution is 5.54. The minimum Gasteiger partial charge on any atom is -0.490 e. The van der Waals surface area contributed by atoms with Crippen molar-refractivity contribution < 1.29 is 13.5 Å². The first-order valence-electron chi connectivity index (χ1n) is 7.35. The van der Waals surface area contributed by atoms with Crippen molar-refractivity contribution in [2.24, 2.45) is 11.7 Å². The zero-order valence-corrected chi connectivity index (χ0v) is 13.4. The van der Waals surface area contributed by atoms with Crippen molar-refractivity contribution in [2.75, 3.05) is 6.61 Å². The lowest BCUT2D eigenvalue weighted by Gasteiger charge is -2.27. The zero-order chi connectivity index (χ0) is 17.0. The molecule has 0 unspecified atom stereocenters. The first-order valence-corrected chi connectivity index (χ1v) is 7.35. The van der Waals surface area contributed by atoms with Crippen molar-refractivity contribution in [2.45, 2.75) is 39.2 Å². The maximum absolute atomic E-state index is 13.3.